The van der Waals surface area contributed by atoms with Crippen LogP contribution >= 0.6 is 0 Å². The van der Waals surface area contributed by atoms with Crippen molar-refractivity contribution in [2.24, 2.45) is 10.9 Å². The van der Waals surface area contributed by atoms with Gasteiger partial charge in [-0.05, 0) is 44.3 Å². The summed E-state index contributed by atoms with van der Waals surface area (Å²) in [5, 5.41) is 3.70. The Hall–Kier alpha value is -2.54. The summed E-state index contributed by atoms with van der Waals surface area (Å²) >= 11 is 0. The van der Waals surface area contributed by atoms with Crippen molar-refractivity contribution in [1.29, 1.82) is 0 Å². The van der Waals surface area contributed by atoms with E-state index in [0.29, 0.717) is 12.0 Å². The average molecular weight is 425 g/mol. The number of ether oxygens (including phenoxy) is 1. The molecule has 1 aromatic carbocycles. The molecular weight excluding hydrogens is 388 g/mol. The molecule has 0 saturated carbocycles. The molecule has 168 valence electrons. The zero-order valence-corrected chi connectivity index (χ0v) is 19.1. The second-order valence-corrected chi connectivity index (χ2v) is 8.72. The van der Waals surface area contributed by atoms with Crippen molar-refractivity contribution in [2.45, 2.75) is 38.3 Å². The van der Waals surface area contributed by atoms with E-state index >= 15 is 0 Å². The predicted octanol–water partition coefficient (Wildman–Crippen LogP) is 3.19. The Morgan fingerprint density at radius 3 is 2.77 bits per heavy atom. The molecular formula is C24H36N6O. The van der Waals surface area contributed by atoms with Gasteiger partial charge in [0.05, 0.1) is 25.5 Å². The number of hydrogen-bond acceptors (Lipinski definition) is 4. The first kappa shape index (κ1) is 21.7. The molecule has 3 heterocycles. The number of rotatable bonds is 6. The molecule has 3 atom stereocenters. The summed E-state index contributed by atoms with van der Waals surface area (Å²) in [4.78, 5) is 13.9. The van der Waals surface area contributed by atoms with Crippen LogP contribution < -0.4 is 10.1 Å². The number of hydrogen-bond donors (Lipinski definition) is 1. The Balaban J connectivity index is 1.48. The van der Waals surface area contributed by atoms with Crippen LogP contribution in [0.4, 0.5) is 0 Å². The normalized spacial score (nSPS) is 23.7. The monoisotopic (exact) mass is 424 g/mol. The quantitative estimate of drug-likeness (QED) is 0.570. The van der Waals surface area contributed by atoms with Crippen molar-refractivity contribution in [3.8, 4) is 5.75 Å². The van der Waals surface area contributed by atoms with E-state index in [-0.39, 0.29) is 6.04 Å². The Morgan fingerprint density at radius 2 is 2.06 bits per heavy atom. The molecule has 2 aliphatic rings. The molecule has 0 radical (unpaired) electrons. The van der Waals surface area contributed by atoms with Gasteiger partial charge in [-0.25, -0.2) is 4.98 Å². The van der Waals surface area contributed by atoms with E-state index in [1.807, 2.05) is 25.6 Å². The summed E-state index contributed by atoms with van der Waals surface area (Å²) < 4.78 is 7.94. The Labute approximate surface area is 186 Å². The SMILES string of the molecule is CN=C(NCC(c1ccccc1OC)N1CCCC1)N1CCC(C)C(n2ccnc2)C1. The van der Waals surface area contributed by atoms with Crippen molar-refractivity contribution in [3.63, 3.8) is 0 Å². The van der Waals surface area contributed by atoms with Gasteiger partial charge in [-0.2, -0.15) is 0 Å². The van der Waals surface area contributed by atoms with Crippen molar-refractivity contribution < 1.29 is 4.74 Å². The van der Waals surface area contributed by atoms with Gasteiger partial charge in [0.2, 0.25) is 0 Å². The second-order valence-electron chi connectivity index (χ2n) is 8.72. The molecule has 31 heavy (non-hydrogen) atoms. The van der Waals surface area contributed by atoms with Gasteiger partial charge in [0.25, 0.3) is 0 Å². The molecule has 0 spiro atoms. The van der Waals surface area contributed by atoms with Crippen molar-refractivity contribution in [2.75, 3.05) is 46.9 Å². The number of methoxy groups -OCH3 is 1. The number of piperidine rings is 1. The molecule has 7 heteroatoms. The van der Waals surface area contributed by atoms with Gasteiger partial charge >= 0.3 is 0 Å². The molecule has 0 bridgehead atoms. The molecule has 7 nitrogen and oxygen atoms in total. The fourth-order valence-electron chi connectivity index (χ4n) is 5.05. The number of imidazole rings is 1. The maximum absolute atomic E-state index is 5.70. The van der Waals surface area contributed by atoms with E-state index in [0.717, 1.165) is 50.9 Å². The average Bonchev–Trinajstić information content (AvgIpc) is 3.52. The molecule has 0 amide bonds. The lowest BCUT2D eigenvalue weighted by atomic mass is 9.93. The lowest BCUT2D eigenvalue weighted by Crippen LogP contribution is -2.50. The van der Waals surface area contributed by atoms with Gasteiger partial charge in [-0.3, -0.25) is 9.89 Å². The van der Waals surface area contributed by atoms with Gasteiger partial charge in [0.1, 0.15) is 5.75 Å². The lowest BCUT2D eigenvalue weighted by Gasteiger charge is -2.40. The molecule has 2 saturated heterocycles. The first-order valence-corrected chi connectivity index (χ1v) is 11.5. The molecule has 2 fully saturated rings. The fourth-order valence-corrected chi connectivity index (χ4v) is 5.05. The molecule has 2 aliphatic heterocycles. The van der Waals surface area contributed by atoms with Crippen LogP contribution in [-0.2, 0) is 0 Å². The highest BCUT2D eigenvalue weighted by Crippen LogP contribution is 2.32. The minimum Gasteiger partial charge on any atom is -0.496 e. The van der Waals surface area contributed by atoms with Crippen LogP contribution in [0, 0.1) is 5.92 Å². The summed E-state index contributed by atoms with van der Waals surface area (Å²) in [5.41, 5.74) is 1.25. The Morgan fingerprint density at radius 1 is 1.26 bits per heavy atom. The first-order valence-electron chi connectivity index (χ1n) is 11.5. The summed E-state index contributed by atoms with van der Waals surface area (Å²) in [6, 6.07) is 9.10. The third-order valence-corrected chi connectivity index (χ3v) is 6.87. The minimum atomic E-state index is 0.267. The van der Waals surface area contributed by atoms with Crippen molar-refractivity contribution >= 4 is 5.96 Å². The molecule has 0 aliphatic carbocycles. The summed E-state index contributed by atoms with van der Waals surface area (Å²) in [6.07, 6.45) is 9.55. The molecule has 3 unspecified atom stereocenters. The van der Waals surface area contributed by atoms with Crippen LogP contribution in [0.3, 0.4) is 0 Å². The standard InChI is InChI=1S/C24H36N6O/c1-19-10-14-29(17-22(19)30-15-11-26-18-30)24(25-2)27-16-21(28-12-6-7-13-28)20-8-4-5-9-23(20)31-3/h4-5,8-9,11,15,18-19,21-22H,6-7,10,12-14,16-17H2,1-3H3,(H,25,27). The van der Waals surface area contributed by atoms with Crippen LogP contribution in [0.1, 0.15) is 43.8 Å². The highest BCUT2D eigenvalue weighted by atomic mass is 16.5. The van der Waals surface area contributed by atoms with E-state index in [9.17, 15) is 0 Å². The number of guanidine groups is 1. The molecule has 1 aromatic heterocycles. The number of nitrogens with one attached hydrogen (secondary N) is 1. The van der Waals surface area contributed by atoms with Crippen LogP contribution in [-0.4, -0.2) is 72.2 Å². The zero-order chi connectivity index (χ0) is 21.6. The van der Waals surface area contributed by atoms with E-state index in [4.69, 9.17) is 4.74 Å². The molecule has 4 rings (SSSR count). The van der Waals surface area contributed by atoms with Gasteiger partial charge in [0, 0.05) is 44.6 Å². The van der Waals surface area contributed by atoms with Gasteiger partial charge in [-0.1, -0.05) is 25.1 Å². The van der Waals surface area contributed by atoms with Crippen LogP contribution in [0.5, 0.6) is 5.75 Å². The highest BCUT2D eigenvalue weighted by Gasteiger charge is 2.30. The van der Waals surface area contributed by atoms with E-state index in [1.165, 1.54) is 18.4 Å². The molecule has 1 N–H and O–H groups in total. The van der Waals surface area contributed by atoms with Crippen LogP contribution in [0.15, 0.2) is 48.0 Å². The van der Waals surface area contributed by atoms with E-state index in [1.54, 1.807) is 7.11 Å². The van der Waals surface area contributed by atoms with Crippen LogP contribution in [0.25, 0.3) is 0 Å². The number of nitrogens with zero attached hydrogens (tertiary/aromatic N) is 5. The first-order chi connectivity index (χ1) is 15.2. The lowest BCUT2D eigenvalue weighted by molar-refractivity contribution is 0.186. The van der Waals surface area contributed by atoms with Gasteiger partial charge < -0.3 is 19.5 Å². The summed E-state index contributed by atoms with van der Waals surface area (Å²) in [6.45, 7) is 7.38. The van der Waals surface area contributed by atoms with Crippen LogP contribution in [0.2, 0.25) is 0 Å². The number of para-hydroxylation sites is 1. The summed E-state index contributed by atoms with van der Waals surface area (Å²) in [5.74, 6) is 2.56. The fraction of sp³-hybridized carbons (Fsp3) is 0.583. The van der Waals surface area contributed by atoms with Crippen molar-refractivity contribution in [3.05, 3.63) is 48.5 Å². The number of benzene rings is 1. The van der Waals surface area contributed by atoms with Gasteiger partial charge in [0.15, 0.2) is 5.96 Å². The third kappa shape index (κ3) is 4.87. The zero-order valence-electron chi connectivity index (χ0n) is 19.1. The Bertz CT molecular complexity index is 846. The smallest absolute Gasteiger partial charge is 0.193 e. The number of aliphatic imine (C=N–C) groups is 1. The van der Waals surface area contributed by atoms with E-state index < -0.39 is 0 Å². The minimum absolute atomic E-state index is 0.267. The number of aromatic nitrogens is 2. The maximum atomic E-state index is 5.70. The predicted molar refractivity (Wildman–Crippen MR) is 125 cm³/mol. The topological polar surface area (TPSA) is 57.9 Å². The Kier molecular flexibility index (Phi) is 7.12. The second kappa shape index (κ2) is 10.2. The summed E-state index contributed by atoms with van der Waals surface area (Å²) in [7, 11) is 3.65. The highest BCUT2D eigenvalue weighted by molar-refractivity contribution is 5.80. The third-order valence-electron chi connectivity index (χ3n) is 6.87. The largest absolute Gasteiger partial charge is 0.496 e. The van der Waals surface area contributed by atoms with E-state index in [2.05, 4.69) is 61.0 Å². The van der Waals surface area contributed by atoms with Gasteiger partial charge in [-0.15, -0.1) is 0 Å². The molecule has 2 aromatic rings. The maximum Gasteiger partial charge on any atom is 0.193 e. The van der Waals surface area contributed by atoms with Crippen molar-refractivity contribution in [1.82, 2.24) is 24.7 Å². The number of likely N-dealkylation sites (tertiary alicyclic amines) is 2.